The molecule has 0 radical (unpaired) electrons. The molecule has 3 aliphatic rings. The van der Waals surface area contributed by atoms with Crippen LogP contribution >= 0.6 is 0 Å². The Morgan fingerprint density at radius 1 is 1.03 bits per heavy atom. The minimum absolute atomic E-state index is 0.152. The van der Waals surface area contributed by atoms with Crippen LogP contribution in [0.3, 0.4) is 0 Å². The summed E-state index contributed by atoms with van der Waals surface area (Å²) in [5.41, 5.74) is -0.0464. The van der Waals surface area contributed by atoms with E-state index in [0.717, 1.165) is 37.4 Å². The molecule has 2 N–H and O–H groups in total. The second-order valence-corrected chi connectivity index (χ2v) is 9.23. The zero-order chi connectivity index (χ0) is 22.9. The molecule has 3 saturated heterocycles. The molecule has 4 heterocycles. The largest absolute Gasteiger partial charge is 0.367 e. The lowest BCUT2D eigenvalue weighted by Gasteiger charge is -2.38. The number of imide groups is 1. The molecule has 176 valence electrons. The van der Waals surface area contributed by atoms with Crippen molar-refractivity contribution < 1.29 is 14.0 Å². The van der Waals surface area contributed by atoms with Crippen LogP contribution in [0.2, 0.25) is 0 Å². The molecule has 10 heteroatoms. The van der Waals surface area contributed by atoms with Gasteiger partial charge < -0.3 is 10.2 Å². The molecule has 3 fully saturated rings. The van der Waals surface area contributed by atoms with Crippen molar-refractivity contribution in [1.82, 2.24) is 25.3 Å². The van der Waals surface area contributed by atoms with Gasteiger partial charge in [0.25, 0.3) is 11.5 Å². The molecule has 1 atom stereocenters. The zero-order valence-corrected chi connectivity index (χ0v) is 18.6. The molecule has 1 aromatic heterocycles. The fraction of sp³-hybridized carbons (Fsp3) is 0.565. The van der Waals surface area contributed by atoms with Crippen LogP contribution in [0.5, 0.6) is 0 Å². The third-order valence-electron chi connectivity index (χ3n) is 7.07. The Balaban J connectivity index is 1.35. The summed E-state index contributed by atoms with van der Waals surface area (Å²) in [6.07, 6.45) is 4.18. The average molecular weight is 457 g/mol. The number of piperidine rings is 2. The minimum Gasteiger partial charge on any atom is -0.367 e. The highest BCUT2D eigenvalue weighted by molar-refractivity contribution is 5.99. The topological polar surface area (TPSA) is 99.6 Å². The third-order valence-corrected chi connectivity index (χ3v) is 7.07. The number of carbonyl (C=O) groups is 2. The molecule has 2 aromatic rings. The average Bonchev–Trinajstić information content (AvgIpc) is 2.81. The molecule has 3 aliphatic heterocycles. The van der Waals surface area contributed by atoms with E-state index in [1.54, 1.807) is 6.07 Å². The first-order valence-corrected chi connectivity index (χ1v) is 11.7. The van der Waals surface area contributed by atoms with Gasteiger partial charge in [0.05, 0.1) is 17.3 Å². The van der Waals surface area contributed by atoms with Crippen molar-refractivity contribution in [3.05, 3.63) is 34.5 Å². The highest BCUT2D eigenvalue weighted by Gasteiger charge is 2.30. The molecule has 1 unspecified atom stereocenters. The van der Waals surface area contributed by atoms with Crippen LogP contribution in [0.1, 0.15) is 31.7 Å². The lowest BCUT2D eigenvalue weighted by molar-refractivity contribution is -0.136. The van der Waals surface area contributed by atoms with Crippen LogP contribution in [-0.4, -0.2) is 72.3 Å². The second kappa shape index (κ2) is 9.18. The number of anilines is 1. The first kappa shape index (κ1) is 22.0. The standard InChI is InChI=1S/C23H29FN6O3/c24-18-11-16-13-26-30(19-1-2-21(31)27-22(19)32)23(33)17(16)12-20(18)29-9-7-28(8-10-29)14-15-3-5-25-6-4-15/h11-13,15,19,25H,1-10,14H2,(H,27,31,32). The summed E-state index contributed by atoms with van der Waals surface area (Å²) in [6, 6.07) is 2.08. The summed E-state index contributed by atoms with van der Waals surface area (Å²) in [4.78, 5) is 41.3. The van der Waals surface area contributed by atoms with Crippen molar-refractivity contribution in [1.29, 1.82) is 0 Å². The number of aromatic nitrogens is 2. The molecule has 33 heavy (non-hydrogen) atoms. The van der Waals surface area contributed by atoms with Crippen molar-refractivity contribution in [3.8, 4) is 0 Å². The van der Waals surface area contributed by atoms with E-state index in [2.05, 4.69) is 20.6 Å². The number of piperazine rings is 1. The van der Waals surface area contributed by atoms with Gasteiger partial charge in [0.1, 0.15) is 11.9 Å². The summed E-state index contributed by atoms with van der Waals surface area (Å²) < 4.78 is 16.1. The van der Waals surface area contributed by atoms with Crippen LogP contribution < -0.4 is 21.1 Å². The SMILES string of the molecule is O=C1CCC(n2ncc3cc(F)c(N4CCN(CC5CCNCC5)CC4)cc3c2=O)C(=O)N1. The Kier molecular flexibility index (Phi) is 6.11. The summed E-state index contributed by atoms with van der Waals surface area (Å²) in [6.45, 7) is 6.35. The summed E-state index contributed by atoms with van der Waals surface area (Å²) in [7, 11) is 0. The van der Waals surface area contributed by atoms with Gasteiger partial charge in [-0.25, -0.2) is 9.07 Å². The van der Waals surface area contributed by atoms with Crippen LogP contribution in [0, 0.1) is 11.7 Å². The molecule has 5 rings (SSSR count). The van der Waals surface area contributed by atoms with E-state index in [1.807, 2.05) is 4.90 Å². The smallest absolute Gasteiger partial charge is 0.275 e. The number of fused-ring (bicyclic) bond motifs is 1. The molecular weight excluding hydrogens is 427 g/mol. The molecule has 2 amide bonds. The van der Waals surface area contributed by atoms with Gasteiger partial charge in [-0.1, -0.05) is 0 Å². The number of nitrogens with one attached hydrogen (secondary N) is 2. The summed E-state index contributed by atoms with van der Waals surface area (Å²) in [5, 5.41) is 10.5. The van der Waals surface area contributed by atoms with Crippen molar-refractivity contribution >= 4 is 28.3 Å². The predicted molar refractivity (Wildman–Crippen MR) is 122 cm³/mol. The van der Waals surface area contributed by atoms with E-state index < -0.39 is 17.5 Å². The highest BCUT2D eigenvalue weighted by Crippen LogP contribution is 2.26. The van der Waals surface area contributed by atoms with E-state index in [4.69, 9.17) is 0 Å². The van der Waals surface area contributed by atoms with E-state index in [1.165, 1.54) is 25.1 Å². The number of halogens is 1. The number of hydrogen-bond donors (Lipinski definition) is 2. The number of nitrogens with zero attached hydrogens (tertiary/aromatic N) is 4. The fourth-order valence-electron chi connectivity index (χ4n) is 5.15. The molecular formula is C23H29FN6O3. The monoisotopic (exact) mass is 456 g/mol. The first-order chi connectivity index (χ1) is 16.0. The van der Waals surface area contributed by atoms with Crippen molar-refractivity contribution in [2.24, 2.45) is 5.92 Å². The molecule has 9 nitrogen and oxygen atoms in total. The van der Waals surface area contributed by atoms with Gasteiger partial charge in [-0.15, -0.1) is 0 Å². The normalized spacial score (nSPS) is 23.2. The lowest BCUT2D eigenvalue weighted by Crippen LogP contribution is -2.49. The van der Waals surface area contributed by atoms with Crippen molar-refractivity contribution in [2.75, 3.05) is 50.7 Å². The Hall–Kier alpha value is -2.85. The Morgan fingerprint density at radius 3 is 2.52 bits per heavy atom. The van der Waals surface area contributed by atoms with Gasteiger partial charge in [-0.2, -0.15) is 5.10 Å². The maximum atomic E-state index is 15.0. The maximum absolute atomic E-state index is 15.0. The molecule has 0 saturated carbocycles. The lowest BCUT2D eigenvalue weighted by atomic mass is 9.97. The van der Waals surface area contributed by atoms with Crippen molar-refractivity contribution in [3.63, 3.8) is 0 Å². The fourth-order valence-corrected chi connectivity index (χ4v) is 5.15. The highest BCUT2D eigenvalue weighted by atomic mass is 19.1. The minimum atomic E-state index is -0.841. The maximum Gasteiger partial charge on any atom is 0.275 e. The van der Waals surface area contributed by atoms with Crippen LogP contribution in [-0.2, 0) is 9.59 Å². The van der Waals surface area contributed by atoms with Gasteiger partial charge in [0.15, 0.2) is 0 Å². The zero-order valence-electron chi connectivity index (χ0n) is 18.6. The van der Waals surface area contributed by atoms with Gasteiger partial charge >= 0.3 is 0 Å². The van der Waals surface area contributed by atoms with Crippen molar-refractivity contribution in [2.45, 2.75) is 31.7 Å². The van der Waals surface area contributed by atoms with Crippen LogP contribution in [0.25, 0.3) is 10.8 Å². The van der Waals surface area contributed by atoms with Crippen LogP contribution in [0.4, 0.5) is 10.1 Å². The van der Waals surface area contributed by atoms with E-state index in [-0.39, 0.29) is 24.6 Å². The Labute approximate surface area is 190 Å². The van der Waals surface area contributed by atoms with Gasteiger partial charge in [-0.05, 0) is 50.4 Å². The quantitative estimate of drug-likeness (QED) is 0.652. The van der Waals surface area contributed by atoms with E-state index in [9.17, 15) is 18.8 Å². The number of benzene rings is 1. The number of amides is 2. The Bertz CT molecular complexity index is 1120. The predicted octanol–water partition coefficient (Wildman–Crippen LogP) is 0.635. The summed E-state index contributed by atoms with van der Waals surface area (Å²) in [5.74, 6) is -0.552. The molecule has 0 aliphatic carbocycles. The molecule has 1 aromatic carbocycles. The van der Waals surface area contributed by atoms with E-state index in [0.29, 0.717) is 35.5 Å². The number of rotatable bonds is 4. The molecule has 0 spiro atoms. The Morgan fingerprint density at radius 2 is 1.79 bits per heavy atom. The number of hydrogen-bond acceptors (Lipinski definition) is 7. The number of carbonyl (C=O) groups excluding carboxylic acids is 2. The van der Waals surface area contributed by atoms with Gasteiger partial charge in [-0.3, -0.25) is 24.6 Å². The first-order valence-electron chi connectivity index (χ1n) is 11.7. The van der Waals surface area contributed by atoms with Gasteiger partial charge in [0.2, 0.25) is 5.91 Å². The second-order valence-electron chi connectivity index (χ2n) is 9.23. The summed E-state index contributed by atoms with van der Waals surface area (Å²) >= 11 is 0. The third kappa shape index (κ3) is 4.49. The van der Waals surface area contributed by atoms with E-state index >= 15 is 0 Å². The van der Waals surface area contributed by atoms with Gasteiger partial charge in [0, 0.05) is 44.5 Å². The van der Waals surface area contributed by atoms with Crippen LogP contribution in [0.15, 0.2) is 23.1 Å². The molecule has 0 bridgehead atoms.